The minimum Gasteiger partial charge on any atom is -0.368 e. The third kappa shape index (κ3) is 1.41. The Morgan fingerprint density at radius 1 is 1.38 bits per heavy atom. The number of nitrogens with zero attached hydrogens (tertiary/aromatic N) is 2. The molecule has 88 valence electrons. The van der Waals surface area contributed by atoms with Crippen molar-refractivity contribution in [2.45, 2.75) is 31.2 Å². The molecule has 0 aliphatic carbocycles. The van der Waals surface area contributed by atoms with E-state index in [0.717, 1.165) is 6.42 Å². The van der Waals surface area contributed by atoms with E-state index in [2.05, 4.69) is 0 Å². The first kappa shape index (κ1) is 11.1. The minimum absolute atomic E-state index is 0.0330. The quantitative estimate of drug-likeness (QED) is 0.495. The molecule has 2 amide bonds. The van der Waals surface area contributed by atoms with E-state index in [9.17, 15) is 14.4 Å². The van der Waals surface area contributed by atoms with E-state index >= 15 is 0 Å². The van der Waals surface area contributed by atoms with Crippen LogP contribution in [-0.4, -0.2) is 46.7 Å². The molecule has 2 aliphatic rings. The summed E-state index contributed by atoms with van der Waals surface area (Å²) >= 11 is 0. The highest BCUT2D eigenvalue weighted by molar-refractivity contribution is 6.01. The van der Waals surface area contributed by atoms with E-state index in [1.54, 1.807) is 5.01 Å². The van der Waals surface area contributed by atoms with Crippen molar-refractivity contribution in [2.24, 2.45) is 5.73 Å². The molecule has 2 aliphatic heterocycles. The molecule has 2 saturated heterocycles. The predicted molar refractivity (Wildman–Crippen MR) is 54.9 cm³/mol. The average molecular weight is 225 g/mol. The van der Waals surface area contributed by atoms with Crippen molar-refractivity contribution >= 4 is 18.1 Å². The molecule has 1 atom stereocenters. The molecule has 0 radical (unpaired) electrons. The van der Waals surface area contributed by atoms with Crippen LogP contribution in [0.4, 0.5) is 0 Å². The zero-order valence-corrected chi connectivity index (χ0v) is 9.02. The van der Waals surface area contributed by atoms with Crippen LogP contribution in [0.15, 0.2) is 0 Å². The summed E-state index contributed by atoms with van der Waals surface area (Å²) in [6, 6.07) is 0. The Labute approximate surface area is 93.3 Å². The van der Waals surface area contributed by atoms with Gasteiger partial charge in [0.05, 0.1) is 0 Å². The fourth-order valence-corrected chi connectivity index (χ4v) is 2.48. The Morgan fingerprint density at radius 2 is 2.12 bits per heavy atom. The summed E-state index contributed by atoms with van der Waals surface area (Å²) in [6.45, 7) is 1.11. The van der Waals surface area contributed by atoms with Gasteiger partial charge in [-0.05, 0) is 19.3 Å². The Kier molecular flexibility index (Phi) is 2.67. The van der Waals surface area contributed by atoms with Crippen LogP contribution in [0.2, 0.25) is 0 Å². The fraction of sp³-hybridized carbons (Fsp3) is 0.700. The van der Waals surface area contributed by atoms with Crippen LogP contribution >= 0.6 is 0 Å². The molecule has 6 heteroatoms. The van der Waals surface area contributed by atoms with Gasteiger partial charge in [-0.2, -0.15) is 5.01 Å². The van der Waals surface area contributed by atoms with E-state index in [1.807, 2.05) is 0 Å². The second-order valence-electron chi connectivity index (χ2n) is 4.25. The SMILES string of the molecule is NC(=O)C1(C=O)CCCN1N1CCCC1=O. The van der Waals surface area contributed by atoms with Crippen molar-refractivity contribution in [3.05, 3.63) is 0 Å². The summed E-state index contributed by atoms with van der Waals surface area (Å²) < 4.78 is 0. The smallest absolute Gasteiger partial charge is 0.247 e. The molecule has 2 fully saturated rings. The second kappa shape index (κ2) is 3.86. The third-order valence-corrected chi connectivity index (χ3v) is 3.35. The lowest BCUT2D eigenvalue weighted by molar-refractivity contribution is -0.159. The Bertz CT molecular complexity index is 344. The normalized spacial score (nSPS) is 31.0. The van der Waals surface area contributed by atoms with Crippen LogP contribution in [0.5, 0.6) is 0 Å². The van der Waals surface area contributed by atoms with Crippen LogP contribution in [0.1, 0.15) is 25.7 Å². The summed E-state index contributed by atoms with van der Waals surface area (Å²) in [5.74, 6) is -0.700. The van der Waals surface area contributed by atoms with Crippen LogP contribution in [0.25, 0.3) is 0 Å². The zero-order valence-electron chi connectivity index (χ0n) is 9.02. The Balaban J connectivity index is 2.29. The number of aldehydes is 1. The van der Waals surface area contributed by atoms with Gasteiger partial charge in [0.2, 0.25) is 11.8 Å². The lowest BCUT2D eigenvalue weighted by Gasteiger charge is -2.37. The number of rotatable bonds is 3. The van der Waals surface area contributed by atoms with E-state index in [-0.39, 0.29) is 5.91 Å². The van der Waals surface area contributed by atoms with Gasteiger partial charge in [0.25, 0.3) is 0 Å². The van der Waals surface area contributed by atoms with Gasteiger partial charge >= 0.3 is 0 Å². The van der Waals surface area contributed by atoms with Crippen LogP contribution in [-0.2, 0) is 14.4 Å². The number of hydrazine groups is 1. The molecule has 0 saturated carbocycles. The maximum atomic E-state index is 11.6. The molecule has 1 unspecified atom stereocenters. The topological polar surface area (TPSA) is 83.7 Å². The molecule has 2 rings (SSSR count). The number of amides is 2. The maximum absolute atomic E-state index is 11.6. The van der Waals surface area contributed by atoms with Crippen molar-refractivity contribution < 1.29 is 14.4 Å². The zero-order chi connectivity index (χ0) is 11.8. The number of hydrogen-bond donors (Lipinski definition) is 1. The van der Waals surface area contributed by atoms with Gasteiger partial charge in [-0.3, -0.25) is 14.6 Å². The molecule has 6 nitrogen and oxygen atoms in total. The number of nitrogens with two attached hydrogens (primary N) is 1. The van der Waals surface area contributed by atoms with Crippen LogP contribution < -0.4 is 5.73 Å². The highest BCUT2D eigenvalue weighted by atomic mass is 16.2. The van der Waals surface area contributed by atoms with Crippen LogP contribution in [0.3, 0.4) is 0 Å². The number of primary amides is 1. The summed E-state index contributed by atoms with van der Waals surface area (Å²) in [7, 11) is 0. The van der Waals surface area contributed by atoms with E-state index in [1.165, 1.54) is 5.01 Å². The first-order chi connectivity index (χ1) is 7.62. The minimum atomic E-state index is -1.31. The number of carbonyl (C=O) groups excluding carboxylic acids is 3. The van der Waals surface area contributed by atoms with Crippen molar-refractivity contribution in [3.63, 3.8) is 0 Å². The van der Waals surface area contributed by atoms with Gasteiger partial charge in [0.1, 0.15) is 0 Å². The van der Waals surface area contributed by atoms with Gasteiger partial charge in [0.15, 0.2) is 11.8 Å². The largest absolute Gasteiger partial charge is 0.368 e. The van der Waals surface area contributed by atoms with Gasteiger partial charge in [-0.15, -0.1) is 0 Å². The first-order valence-corrected chi connectivity index (χ1v) is 5.46. The van der Waals surface area contributed by atoms with Gasteiger partial charge in [0, 0.05) is 19.5 Å². The highest BCUT2D eigenvalue weighted by Gasteiger charge is 2.50. The molecule has 0 spiro atoms. The van der Waals surface area contributed by atoms with E-state index in [4.69, 9.17) is 5.73 Å². The van der Waals surface area contributed by atoms with Crippen molar-refractivity contribution in [3.8, 4) is 0 Å². The molecule has 16 heavy (non-hydrogen) atoms. The predicted octanol–water partition coefficient (Wildman–Crippen LogP) is -0.957. The summed E-state index contributed by atoms with van der Waals surface area (Å²) in [4.78, 5) is 34.2. The lowest BCUT2D eigenvalue weighted by atomic mass is 9.98. The van der Waals surface area contributed by atoms with Crippen molar-refractivity contribution in [2.75, 3.05) is 13.1 Å². The number of carbonyl (C=O) groups is 3. The number of hydrogen-bond acceptors (Lipinski definition) is 4. The first-order valence-electron chi connectivity index (χ1n) is 5.46. The molecule has 0 aromatic rings. The van der Waals surface area contributed by atoms with E-state index in [0.29, 0.717) is 38.6 Å². The lowest BCUT2D eigenvalue weighted by Crippen LogP contribution is -2.61. The fourth-order valence-electron chi connectivity index (χ4n) is 2.48. The third-order valence-electron chi connectivity index (χ3n) is 3.35. The van der Waals surface area contributed by atoms with Crippen molar-refractivity contribution in [1.29, 1.82) is 0 Å². The summed E-state index contributed by atoms with van der Waals surface area (Å²) in [5, 5.41) is 3.06. The van der Waals surface area contributed by atoms with Gasteiger partial charge < -0.3 is 10.5 Å². The molecule has 0 aromatic heterocycles. The summed E-state index contributed by atoms with van der Waals surface area (Å²) in [6.07, 6.45) is 2.92. The molecule has 2 heterocycles. The second-order valence-corrected chi connectivity index (χ2v) is 4.25. The van der Waals surface area contributed by atoms with Gasteiger partial charge in [-0.25, -0.2) is 0 Å². The monoisotopic (exact) mass is 225 g/mol. The van der Waals surface area contributed by atoms with Gasteiger partial charge in [-0.1, -0.05) is 0 Å². The molecular formula is C10H15N3O3. The Morgan fingerprint density at radius 3 is 2.62 bits per heavy atom. The Hall–Kier alpha value is -1.43. The molecule has 0 aromatic carbocycles. The van der Waals surface area contributed by atoms with E-state index < -0.39 is 11.4 Å². The standard InChI is InChI=1S/C10H15N3O3/c11-9(16)10(7-14)4-2-6-13(10)12-5-1-3-8(12)15/h7H,1-6H2,(H2,11,16). The highest BCUT2D eigenvalue weighted by Crippen LogP contribution is 2.31. The molecule has 2 N–H and O–H groups in total. The van der Waals surface area contributed by atoms with Crippen molar-refractivity contribution in [1.82, 2.24) is 10.0 Å². The molecular weight excluding hydrogens is 210 g/mol. The maximum Gasteiger partial charge on any atom is 0.247 e. The molecule has 0 bridgehead atoms. The summed E-state index contributed by atoms with van der Waals surface area (Å²) in [5.41, 5.74) is 3.99. The van der Waals surface area contributed by atoms with Crippen LogP contribution in [0, 0.1) is 0 Å². The average Bonchev–Trinajstić information content (AvgIpc) is 2.83.